The molecule has 5 nitrogen and oxygen atoms in total. The predicted molar refractivity (Wildman–Crippen MR) is 75.7 cm³/mol. The van der Waals surface area contributed by atoms with E-state index < -0.39 is 0 Å². The maximum absolute atomic E-state index is 12.0. The Hall–Kier alpha value is -1.14. The molecule has 19 heavy (non-hydrogen) atoms. The Morgan fingerprint density at radius 3 is 2.84 bits per heavy atom. The summed E-state index contributed by atoms with van der Waals surface area (Å²) in [5.41, 5.74) is 0. The van der Waals surface area contributed by atoms with E-state index in [0.29, 0.717) is 0 Å². The van der Waals surface area contributed by atoms with Gasteiger partial charge in [0, 0.05) is 19.0 Å². The van der Waals surface area contributed by atoms with Gasteiger partial charge in [0.25, 0.3) is 0 Å². The number of thiazole rings is 1. The Bertz CT molecular complexity index is 437. The van der Waals surface area contributed by atoms with Crippen LogP contribution in [0.1, 0.15) is 25.7 Å². The lowest BCUT2D eigenvalue weighted by Gasteiger charge is -2.26. The summed E-state index contributed by atoms with van der Waals surface area (Å²) in [4.78, 5) is 18.6. The Balaban J connectivity index is 1.59. The van der Waals surface area contributed by atoms with Crippen molar-refractivity contribution in [1.82, 2.24) is 4.98 Å². The minimum absolute atomic E-state index is 0.139. The maximum Gasteiger partial charge on any atom is 0.229 e. The first-order valence-corrected chi connectivity index (χ1v) is 7.74. The number of anilines is 2. The van der Waals surface area contributed by atoms with Gasteiger partial charge in [-0.15, -0.1) is 0 Å². The summed E-state index contributed by atoms with van der Waals surface area (Å²) >= 11 is 1.55. The molecule has 2 fully saturated rings. The SMILES string of the molecule is O=C(Nc1ncc(N2CCOCC2)s1)C1CCCC1. The number of amides is 1. The third-order valence-electron chi connectivity index (χ3n) is 3.77. The van der Waals surface area contributed by atoms with Gasteiger partial charge in [-0.25, -0.2) is 4.98 Å². The standard InChI is InChI=1S/C13H19N3O2S/c17-12(10-3-1-2-4-10)15-13-14-9-11(19-13)16-5-7-18-8-6-16/h9-10H,1-8H2,(H,14,15,17). The highest BCUT2D eigenvalue weighted by Gasteiger charge is 2.23. The molecule has 104 valence electrons. The fourth-order valence-electron chi connectivity index (χ4n) is 2.65. The van der Waals surface area contributed by atoms with E-state index in [2.05, 4.69) is 15.2 Å². The average Bonchev–Trinajstić information content (AvgIpc) is 3.11. The minimum Gasteiger partial charge on any atom is -0.378 e. The lowest BCUT2D eigenvalue weighted by molar-refractivity contribution is -0.119. The van der Waals surface area contributed by atoms with Crippen molar-refractivity contribution in [3.63, 3.8) is 0 Å². The highest BCUT2D eigenvalue weighted by atomic mass is 32.1. The van der Waals surface area contributed by atoms with E-state index in [1.54, 1.807) is 11.3 Å². The first kappa shape index (κ1) is 12.9. The van der Waals surface area contributed by atoms with Crippen LogP contribution < -0.4 is 10.2 Å². The second-order valence-corrected chi connectivity index (χ2v) is 6.08. The number of ether oxygens (including phenoxy) is 1. The summed E-state index contributed by atoms with van der Waals surface area (Å²) in [5, 5.41) is 4.79. The molecule has 0 spiro atoms. The molecule has 0 bridgehead atoms. The van der Waals surface area contributed by atoms with Gasteiger partial charge in [-0.2, -0.15) is 0 Å². The van der Waals surface area contributed by atoms with Gasteiger partial charge in [0.2, 0.25) is 5.91 Å². The number of carbonyl (C=O) groups excluding carboxylic acids is 1. The fourth-order valence-corrected chi connectivity index (χ4v) is 3.52. The van der Waals surface area contributed by atoms with Crippen molar-refractivity contribution >= 4 is 27.4 Å². The monoisotopic (exact) mass is 281 g/mol. The van der Waals surface area contributed by atoms with E-state index in [-0.39, 0.29) is 11.8 Å². The molecule has 1 aliphatic carbocycles. The van der Waals surface area contributed by atoms with E-state index in [1.165, 1.54) is 12.8 Å². The second kappa shape index (κ2) is 5.88. The van der Waals surface area contributed by atoms with Crippen LogP contribution in [0.4, 0.5) is 10.1 Å². The van der Waals surface area contributed by atoms with Gasteiger partial charge in [-0.3, -0.25) is 4.79 Å². The van der Waals surface area contributed by atoms with Crippen molar-refractivity contribution in [1.29, 1.82) is 0 Å². The lowest BCUT2D eigenvalue weighted by atomic mass is 10.1. The van der Waals surface area contributed by atoms with Gasteiger partial charge in [-0.05, 0) is 12.8 Å². The van der Waals surface area contributed by atoms with Crippen molar-refractivity contribution in [2.24, 2.45) is 5.92 Å². The van der Waals surface area contributed by atoms with Crippen molar-refractivity contribution in [3.05, 3.63) is 6.20 Å². The number of morpholine rings is 1. The molecular formula is C13H19N3O2S. The third kappa shape index (κ3) is 3.06. The first-order chi connectivity index (χ1) is 9.33. The van der Waals surface area contributed by atoms with Gasteiger partial charge in [0.05, 0.1) is 19.4 Å². The summed E-state index contributed by atoms with van der Waals surface area (Å²) in [6.07, 6.45) is 6.24. The highest BCUT2D eigenvalue weighted by molar-refractivity contribution is 7.19. The number of rotatable bonds is 3. The molecule has 0 unspecified atom stereocenters. The first-order valence-electron chi connectivity index (χ1n) is 6.92. The van der Waals surface area contributed by atoms with Crippen LogP contribution in [0.15, 0.2) is 6.20 Å². The van der Waals surface area contributed by atoms with Gasteiger partial charge in [-0.1, -0.05) is 24.2 Å². The number of nitrogens with zero attached hydrogens (tertiary/aromatic N) is 2. The van der Waals surface area contributed by atoms with Crippen LogP contribution in [-0.2, 0) is 9.53 Å². The fraction of sp³-hybridized carbons (Fsp3) is 0.692. The van der Waals surface area contributed by atoms with Crippen LogP contribution in [0.25, 0.3) is 0 Å². The van der Waals surface area contributed by atoms with E-state index >= 15 is 0 Å². The molecule has 1 aromatic rings. The Morgan fingerprint density at radius 1 is 1.37 bits per heavy atom. The Labute approximate surface area is 117 Å². The van der Waals surface area contributed by atoms with E-state index in [1.807, 2.05) is 6.20 Å². The van der Waals surface area contributed by atoms with Crippen LogP contribution in [0, 0.1) is 5.92 Å². The molecule has 0 atom stereocenters. The Kier molecular flexibility index (Phi) is 3.98. The molecule has 0 radical (unpaired) electrons. The van der Waals surface area contributed by atoms with Gasteiger partial charge in [0.1, 0.15) is 5.00 Å². The zero-order valence-corrected chi connectivity index (χ0v) is 11.7. The van der Waals surface area contributed by atoms with Gasteiger partial charge < -0.3 is 15.0 Å². The largest absolute Gasteiger partial charge is 0.378 e. The summed E-state index contributed by atoms with van der Waals surface area (Å²) in [6.45, 7) is 3.33. The second-order valence-electron chi connectivity index (χ2n) is 5.07. The molecule has 1 N–H and O–H groups in total. The number of hydrogen-bond donors (Lipinski definition) is 1. The zero-order valence-electron chi connectivity index (χ0n) is 10.9. The molecule has 1 aliphatic heterocycles. The molecule has 1 aromatic heterocycles. The molecule has 2 aliphatic rings. The quantitative estimate of drug-likeness (QED) is 0.922. The van der Waals surface area contributed by atoms with Crippen LogP contribution in [-0.4, -0.2) is 37.2 Å². The summed E-state index contributed by atoms with van der Waals surface area (Å²) in [5.74, 6) is 0.330. The lowest BCUT2D eigenvalue weighted by Crippen LogP contribution is -2.35. The molecule has 1 amide bonds. The van der Waals surface area contributed by atoms with E-state index in [9.17, 15) is 4.79 Å². The van der Waals surface area contributed by atoms with Crippen LogP contribution >= 0.6 is 11.3 Å². The van der Waals surface area contributed by atoms with Crippen molar-refractivity contribution in [3.8, 4) is 0 Å². The van der Waals surface area contributed by atoms with Crippen molar-refractivity contribution in [2.45, 2.75) is 25.7 Å². The van der Waals surface area contributed by atoms with Gasteiger partial charge >= 0.3 is 0 Å². The number of nitrogens with one attached hydrogen (secondary N) is 1. The molecule has 2 heterocycles. The molecule has 3 rings (SSSR count). The smallest absolute Gasteiger partial charge is 0.229 e. The topological polar surface area (TPSA) is 54.5 Å². The van der Waals surface area contributed by atoms with Crippen molar-refractivity contribution < 1.29 is 9.53 Å². The summed E-state index contributed by atoms with van der Waals surface area (Å²) < 4.78 is 5.33. The number of carbonyl (C=O) groups is 1. The maximum atomic E-state index is 12.0. The van der Waals surface area contributed by atoms with E-state index in [0.717, 1.165) is 49.3 Å². The van der Waals surface area contributed by atoms with Crippen LogP contribution in [0.5, 0.6) is 0 Å². The normalized spacial score (nSPS) is 20.7. The summed E-state index contributed by atoms with van der Waals surface area (Å²) in [6, 6.07) is 0. The molecule has 6 heteroatoms. The van der Waals surface area contributed by atoms with Crippen LogP contribution in [0.2, 0.25) is 0 Å². The molecule has 1 saturated carbocycles. The highest BCUT2D eigenvalue weighted by Crippen LogP contribution is 2.30. The van der Waals surface area contributed by atoms with Crippen molar-refractivity contribution in [2.75, 3.05) is 36.5 Å². The summed E-state index contributed by atoms with van der Waals surface area (Å²) in [7, 11) is 0. The Morgan fingerprint density at radius 2 is 2.11 bits per heavy atom. The molecule has 1 saturated heterocycles. The van der Waals surface area contributed by atoms with Crippen LogP contribution in [0.3, 0.4) is 0 Å². The molecule has 0 aromatic carbocycles. The predicted octanol–water partition coefficient (Wildman–Crippen LogP) is 2.11. The average molecular weight is 281 g/mol. The number of aromatic nitrogens is 1. The van der Waals surface area contributed by atoms with Gasteiger partial charge in [0.15, 0.2) is 5.13 Å². The zero-order chi connectivity index (χ0) is 13.1. The minimum atomic E-state index is 0.139. The number of hydrogen-bond acceptors (Lipinski definition) is 5. The molecular weight excluding hydrogens is 262 g/mol. The third-order valence-corrected chi connectivity index (χ3v) is 4.75. The van der Waals surface area contributed by atoms with E-state index in [4.69, 9.17) is 4.74 Å².